The molecule has 3 heteroatoms. The van der Waals surface area contributed by atoms with E-state index >= 15 is 0 Å². The normalized spacial score (nSPS) is 20.8. The summed E-state index contributed by atoms with van der Waals surface area (Å²) in [6.45, 7) is 3.01. The monoisotopic (exact) mass is 270 g/mol. The number of hydrogen-bond donors (Lipinski definition) is 1. The topological polar surface area (TPSA) is 28.4 Å². The standard InChI is InChI=1S/C17H22N2O/c1-12-10-16(12)17-9-8-15(20-17)11-18-13-4-6-14(7-5-13)19(2)3/h4-9,12,16,18H,10-11H2,1-3H3. The predicted octanol–water partition coefficient (Wildman–Crippen LogP) is 4.08. The molecule has 1 aromatic carbocycles. The molecule has 0 saturated heterocycles. The Balaban J connectivity index is 1.57. The zero-order valence-corrected chi connectivity index (χ0v) is 12.4. The van der Waals surface area contributed by atoms with E-state index in [1.165, 1.54) is 12.1 Å². The molecule has 1 aliphatic carbocycles. The van der Waals surface area contributed by atoms with Crippen LogP contribution < -0.4 is 10.2 Å². The van der Waals surface area contributed by atoms with E-state index in [1.807, 2.05) is 14.1 Å². The minimum Gasteiger partial charge on any atom is -0.464 e. The van der Waals surface area contributed by atoms with Gasteiger partial charge < -0.3 is 14.6 Å². The molecule has 2 aromatic rings. The maximum atomic E-state index is 5.89. The molecule has 3 rings (SSSR count). The van der Waals surface area contributed by atoms with Crippen molar-refractivity contribution in [1.82, 2.24) is 0 Å². The maximum absolute atomic E-state index is 5.89. The minimum absolute atomic E-state index is 0.656. The lowest BCUT2D eigenvalue weighted by atomic mass is 10.2. The summed E-state index contributed by atoms with van der Waals surface area (Å²) < 4.78 is 5.89. The molecular weight excluding hydrogens is 248 g/mol. The Bertz CT molecular complexity index is 571. The molecule has 1 aliphatic rings. The van der Waals surface area contributed by atoms with Crippen molar-refractivity contribution in [2.45, 2.75) is 25.8 Å². The third kappa shape index (κ3) is 2.82. The molecule has 1 N–H and O–H groups in total. The van der Waals surface area contributed by atoms with Crippen LogP contribution in [0.3, 0.4) is 0 Å². The van der Waals surface area contributed by atoms with Gasteiger partial charge in [0.1, 0.15) is 11.5 Å². The molecule has 1 saturated carbocycles. The molecule has 0 bridgehead atoms. The van der Waals surface area contributed by atoms with Crippen LogP contribution in [0.1, 0.15) is 30.8 Å². The molecule has 1 heterocycles. The smallest absolute Gasteiger partial charge is 0.123 e. The average Bonchev–Trinajstić information content (AvgIpc) is 3.00. The van der Waals surface area contributed by atoms with E-state index in [0.29, 0.717) is 5.92 Å². The lowest BCUT2D eigenvalue weighted by Crippen LogP contribution is -2.08. The van der Waals surface area contributed by atoms with Crippen LogP contribution in [-0.2, 0) is 6.54 Å². The molecule has 2 atom stereocenters. The van der Waals surface area contributed by atoms with Gasteiger partial charge in [0.05, 0.1) is 6.54 Å². The van der Waals surface area contributed by atoms with Gasteiger partial charge in [-0.25, -0.2) is 0 Å². The summed E-state index contributed by atoms with van der Waals surface area (Å²) in [6.07, 6.45) is 1.27. The highest BCUT2D eigenvalue weighted by atomic mass is 16.3. The molecular formula is C17H22N2O. The molecule has 106 valence electrons. The third-order valence-electron chi connectivity index (χ3n) is 4.01. The van der Waals surface area contributed by atoms with Crippen LogP contribution in [0.25, 0.3) is 0 Å². The number of rotatable bonds is 5. The zero-order valence-electron chi connectivity index (χ0n) is 12.4. The Hall–Kier alpha value is -1.90. The number of anilines is 2. The first-order valence-electron chi connectivity index (χ1n) is 7.23. The van der Waals surface area contributed by atoms with Crippen molar-refractivity contribution in [3.63, 3.8) is 0 Å². The van der Waals surface area contributed by atoms with Gasteiger partial charge in [0.15, 0.2) is 0 Å². The summed E-state index contributed by atoms with van der Waals surface area (Å²) >= 11 is 0. The Morgan fingerprint density at radius 1 is 1.15 bits per heavy atom. The van der Waals surface area contributed by atoms with Crippen molar-refractivity contribution in [1.29, 1.82) is 0 Å². The molecule has 1 aromatic heterocycles. The number of nitrogens with one attached hydrogen (secondary N) is 1. The van der Waals surface area contributed by atoms with Crippen LogP contribution in [0.15, 0.2) is 40.8 Å². The highest BCUT2D eigenvalue weighted by Gasteiger charge is 2.36. The van der Waals surface area contributed by atoms with Crippen molar-refractivity contribution in [3.05, 3.63) is 47.9 Å². The molecule has 0 spiro atoms. The Kier molecular flexibility index (Phi) is 3.43. The zero-order chi connectivity index (χ0) is 14.1. The van der Waals surface area contributed by atoms with Crippen molar-refractivity contribution in [2.75, 3.05) is 24.3 Å². The molecule has 20 heavy (non-hydrogen) atoms. The summed E-state index contributed by atoms with van der Waals surface area (Å²) in [4.78, 5) is 2.10. The fraction of sp³-hybridized carbons (Fsp3) is 0.412. The summed E-state index contributed by atoms with van der Waals surface area (Å²) in [5.41, 5.74) is 2.33. The second-order valence-electron chi connectivity index (χ2n) is 5.92. The first-order valence-corrected chi connectivity index (χ1v) is 7.23. The van der Waals surface area contributed by atoms with E-state index in [0.717, 1.165) is 29.7 Å². The van der Waals surface area contributed by atoms with E-state index < -0.39 is 0 Å². The summed E-state index contributed by atoms with van der Waals surface area (Å²) in [5, 5.41) is 3.40. The molecule has 3 nitrogen and oxygen atoms in total. The van der Waals surface area contributed by atoms with E-state index in [2.05, 4.69) is 53.5 Å². The van der Waals surface area contributed by atoms with Crippen LogP contribution in [0.2, 0.25) is 0 Å². The van der Waals surface area contributed by atoms with Crippen molar-refractivity contribution in [2.24, 2.45) is 5.92 Å². The third-order valence-corrected chi connectivity index (χ3v) is 4.01. The highest BCUT2D eigenvalue weighted by molar-refractivity contribution is 5.54. The van der Waals surface area contributed by atoms with E-state index in [1.54, 1.807) is 0 Å². The van der Waals surface area contributed by atoms with Gasteiger partial charge >= 0.3 is 0 Å². The van der Waals surface area contributed by atoms with Gasteiger partial charge in [-0.2, -0.15) is 0 Å². The van der Waals surface area contributed by atoms with E-state index in [4.69, 9.17) is 4.42 Å². The number of benzene rings is 1. The lowest BCUT2D eigenvalue weighted by Gasteiger charge is -2.13. The molecule has 0 amide bonds. The second kappa shape index (κ2) is 5.23. The van der Waals surface area contributed by atoms with Gasteiger partial charge in [-0.1, -0.05) is 6.92 Å². The molecule has 0 aliphatic heterocycles. The van der Waals surface area contributed by atoms with Crippen molar-refractivity contribution >= 4 is 11.4 Å². The first kappa shape index (κ1) is 13.1. The highest BCUT2D eigenvalue weighted by Crippen LogP contribution is 2.47. The number of hydrogen-bond acceptors (Lipinski definition) is 3. The summed E-state index contributed by atoms with van der Waals surface area (Å²) in [6, 6.07) is 12.6. The second-order valence-corrected chi connectivity index (χ2v) is 5.92. The minimum atomic E-state index is 0.656. The van der Waals surface area contributed by atoms with Crippen molar-refractivity contribution < 1.29 is 4.42 Å². The number of nitrogens with zero attached hydrogens (tertiary/aromatic N) is 1. The molecule has 2 unspecified atom stereocenters. The van der Waals surface area contributed by atoms with E-state index in [9.17, 15) is 0 Å². The summed E-state index contributed by atoms with van der Waals surface area (Å²) in [7, 11) is 4.09. The Morgan fingerprint density at radius 3 is 2.45 bits per heavy atom. The van der Waals surface area contributed by atoms with Crippen molar-refractivity contribution in [3.8, 4) is 0 Å². The SMILES string of the molecule is CC1CC1c1ccc(CNc2ccc(N(C)C)cc2)o1. The fourth-order valence-corrected chi connectivity index (χ4v) is 2.47. The van der Waals surface area contributed by atoms with Gasteiger partial charge in [0, 0.05) is 31.4 Å². The van der Waals surface area contributed by atoms with Crippen LogP contribution in [0.5, 0.6) is 0 Å². The van der Waals surface area contributed by atoms with Crippen LogP contribution in [-0.4, -0.2) is 14.1 Å². The van der Waals surface area contributed by atoms with Gasteiger partial charge in [-0.3, -0.25) is 0 Å². The predicted molar refractivity (Wildman–Crippen MR) is 83.3 cm³/mol. The fourth-order valence-electron chi connectivity index (χ4n) is 2.47. The maximum Gasteiger partial charge on any atom is 0.123 e. The lowest BCUT2D eigenvalue weighted by molar-refractivity contribution is 0.468. The van der Waals surface area contributed by atoms with Crippen LogP contribution in [0.4, 0.5) is 11.4 Å². The summed E-state index contributed by atoms with van der Waals surface area (Å²) in [5.74, 6) is 3.61. The quantitative estimate of drug-likeness (QED) is 0.887. The van der Waals surface area contributed by atoms with Crippen LogP contribution in [0, 0.1) is 5.92 Å². The van der Waals surface area contributed by atoms with Gasteiger partial charge in [0.2, 0.25) is 0 Å². The Morgan fingerprint density at radius 2 is 1.85 bits per heavy atom. The van der Waals surface area contributed by atoms with Gasteiger partial charge in [0.25, 0.3) is 0 Å². The molecule has 1 fully saturated rings. The van der Waals surface area contributed by atoms with Crippen LogP contribution >= 0.6 is 0 Å². The largest absolute Gasteiger partial charge is 0.464 e. The van der Waals surface area contributed by atoms with E-state index in [-0.39, 0.29) is 0 Å². The molecule has 0 radical (unpaired) electrons. The average molecular weight is 270 g/mol. The first-order chi connectivity index (χ1) is 9.63. The van der Waals surface area contributed by atoms with Gasteiger partial charge in [-0.05, 0) is 48.7 Å². The van der Waals surface area contributed by atoms with Gasteiger partial charge in [-0.15, -0.1) is 0 Å². The number of furan rings is 1. The Labute approximate surface area is 120 Å².